The zero-order valence-corrected chi connectivity index (χ0v) is 16.5. The molecule has 7 heteroatoms. The maximum atomic E-state index is 12.8. The van der Waals surface area contributed by atoms with Crippen LogP contribution >= 0.6 is 24.0 Å². The largest absolute Gasteiger partial charge is 0.350 e. The molecular formula is C18H22FIN4O. The number of aliphatic imine (C=N–C) groups is 1. The van der Waals surface area contributed by atoms with Gasteiger partial charge >= 0.3 is 0 Å². The van der Waals surface area contributed by atoms with Crippen LogP contribution < -0.4 is 16.0 Å². The van der Waals surface area contributed by atoms with Crippen molar-refractivity contribution >= 4 is 41.5 Å². The summed E-state index contributed by atoms with van der Waals surface area (Å²) < 4.78 is 12.8. The Labute approximate surface area is 164 Å². The molecule has 134 valence electrons. The molecule has 0 aliphatic carbocycles. The van der Waals surface area contributed by atoms with Crippen LogP contribution in [-0.4, -0.2) is 25.5 Å². The summed E-state index contributed by atoms with van der Waals surface area (Å²) >= 11 is 0. The molecule has 2 aromatic carbocycles. The number of nitrogens with one attached hydrogen (secondary N) is 3. The molecule has 2 rings (SSSR count). The van der Waals surface area contributed by atoms with Gasteiger partial charge < -0.3 is 16.0 Å². The quantitative estimate of drug-likeness (QED) is 0.368. The molecule has 0 radical (unpaired) electrons. The van der Waals surface area contributed by atoms with Crippen LogP contribution in [0.4, 0.5) is 10.1 Å². The molecular weight excluding hydrogens is 434 g/mol. The molecule has 0 aromatic heterocycles. The number of carbonyl (C=O) groups is 1. The van der Waals surface area contributed by atoms with E-state index in [-0.39, 0.29) is 48.3 Å². The summed E-state index contributed by atoms with van der Waals surface area (Å²) in [6.07, 6.45) is 0. The van der Waals surface area contributed by atoms with Crippen LogP contribution in [0.2, 0.25) is 0 Å². The van der Waals surface area contributed by atoms with E-state index >= 15 is 0 Å². The van der Waals surface area contributed by atoms with Crippen molar-refractivity contribution in [3.63, 3.8) is 0 Å². The van der Waals surface area contributed by atoms with Gasteiger partial charge in [0.15, 0.2) is 5.96 Å². The highest BCUT2D eigenvalue weighted by Crippen LogP contribution is 2.10. The summed E-state index contributed by atoms with van der Waals surface area (Å²) in [5.74, 6) is -0.0526. The van der Waals surface area contributed by atoms with Crippen molar-refractivity contribution < 1.29 is 9.18 Å². The maximum absolute atomic E-state index is 12.8. The fraction of sp³-hybridized carbons (Fsp3) is 0.222. The fourth-order valence-corrected chi connectivity index (χ4v) is 2.13. The normalized spacial score (nSPS) is 11.9. The number of halogens is 2. The van der Waals surface area contributed by atoms with Gasteiger partial charge in [0.25, 0.3) is 0 Å². The molecule has 0 bridgehead atoms. The van der Waals surface area contributed by atoms with Crippen molar-refractivity contribution in [3.8, 4) is 0 Å². The third-order valence-electron chi connectivity index (χ3n) is 3.42. The summed E-state index contributed by atoms with van der Waals surface area (Å²) in [7, 11) is 1.64. The lowest BCUT2D eigenvalue weighted by molar-refractivity contribution is -0.115. The molecule has 1 unspecified atom stereocenters. The van der Waals surface area contributed by atoms with Gasteiger partial charge in [-0.25, -0.2) is 4.39 Å². The predicted octanol–water partition coefficient (Wildman–Crippen LogP) is 3.31. The van der Waals surface area contributed by atoms with Crippen molar-refractivity contribution in [2.24, 2.45) is 4.99 Å². The van der Waals surface area contributed by atoms with E-state index in [1.807, 2.05) is 37.3 Å². The SMILES string of the molecule is CN=C(NCC(=O)Nc1ccc(F)cc1)NC(C)c1ccccc1.I. The van der Waals surface area contributed by atoms with Gasteiger partial charge in [-0.05, 0) is 36.8 Å². The van der Waals surface area contributed by atoms with Crippen molar-refractivity contribution in [1.29, 1.82) is 0 Å². The Morgan fingerprint density at radius 1 is 1.12 bits per heavy atom. The van der Waals surface area contributed by atoms with E-state index in [1.54, 1.807) is 7.05 Å². The Hall–Kier alpha value is -2.16. The van der Waals surface area contributed by atoms with Gasteiger partial charge in [0, 0.05) is 12.7 Å². The third-order valence-corrected chi connectivity index (χ3v) is 3.42. The monoisotopic (exact) mass is 456 g/mol. The van der Waals surface area contributed by atoms with Crippen LogP contribution in [0.15, 0.2) is 59.6 Å². The second-order valence-corrected chi connectivity index (χ2v) is 5.26. The van der Waals surface area contributed by atoms with Gasteiger partial charge in [-0.2, -0.15) is 0 Å². The van der Waals surface area contributed by atoms with Crippen LogP contribution in [0.5, 0.6) is 0 Å². The zero-order chi connectivity index (χ0) is 17.4. The van der Waals surface area contributed by atoms with E-state index in [0.717, 1.165) is 5.56 Å². The van der Waals surface area contributed by atoms with Gasteiger partial charge in [-0.3, -0.25) is 9.79 Å². The van der Waals surface area contributed by atoms with Crippen LogP contribution in [-0.2, 0) is 4.79 Å². The first kappa shape index (κ1) is 20.9. The highest BCUT2D eigenvalue weighted by molar-refractivity contribution is 14.0. The third kappa shape index (κ3) is 7.08. The molecule has 0 saturated carbocycles. The second kappa shape index (κ2) is 10.7. The molecule has 1 amide bonds. The van der Waals surface area contributed by atoms with Crippen molar-refractivity contribution in [1.82, 2.24) is 10.6 Å². The van der Waals surface area contributed by atoms with Gasteiger partial charge in [0.05, 0.1) is 12.6 Å². The number of carbonyl (C=O) groups excluding carboxylic acids is 1. The van der Waals surface area contributed by atoms with Gasteiger partial charge in [-0.15, -0.1) is 24.0 Å². The lowest BCUT2D eigenvalue weighted by atomic mass is 10.1. The molecule has 2 aromatic rings. The summed E-state index contributed by atoms with van der Waals surface area (Å²) in [6.45, 7) is 2.07. The van der Waals surface area contributed by atoms with Gasteiger partial charge in [0.1, 0.15) is 5.82 Å². The molecule has 25 heavy (non-hydrogen) atoms. The highest BCUT2D eigenvalue weighted by Gasteiger charge is 2.09. The number of hydrogen-bond donors (Lipinski definition) is 3. The number of nitrogens with zero attached hydrogens (tertiary/aromatic N) is 1. The molecule has 0 heterocycles. The van der Waals surface area contributed by atoms with E-state index in [2.05, 4.69) is 20.9 Å². The molecule has 5 nitrogen and oxygen atoms in total. The molecule has 0 aliphatic heterocycles. The minimum atomic E-state index is -0.342. The van der Waals surface area contributed by atoms with E-state index in [0.29, 0.717) is 11.6 Å². The first-order valence-electron chi connectivity index (χ1n) is 7.66. The Bertz CT molecular complexity index is 692. The van der Waals surface area contributed by atoms with Gasteiger partial charge in [0.2, 0.25) is 5.91 Å². The summed E-state index contributed by atoms with van der Waals surface area (Å²) in [5.41, 5.74) is 1.67. The van der Waals surface area contributed by atoms with Crippen LogP contribution in [0.1, 0.15) is 18.5 Å². The van der Waals surface area contributed by atoms with Crippen LogP contribution in [0, 0.1) is 5.82 Å². The molecule has 0 saturated heterocycles. The Morgan fingerprint density at radius 2 is 1.76 bits per heavy atom. The van der Waals surface area contributed by atoms with Crippen molar-refractivity contribution in [2.75, 3.05) is 18.9 Å². The number of guanidine groups is 1. The predicted molar refractivity (Wildman–Crippen MR) is 110 cm³/mol. The Balaban J connectivity index is 0.00000312. The highest BCUT2D eigenvalue weighted by atomic mass is 127. The number of rotatable bonds is 5. The zero-order valence-electron chi connectivity index (χ0n) is 14.1. The molecule has 0 spiro atoms. The Morgan fingerprint density at radius 3 is 2.36 bits per heavy atom. The molecule has 1 atom stereocenters. The minimum Gasteiger partial charge on any atom is -0.350 e. The molecule has 3 N–H and O–H groups in total. The number of anilines is 1. The van der Waals surface area contributed by atoms with E-state index in [4.69, 9.17) is 0 Å². The number of benzene rings is 2. The topological polar surface area (TPSA) is 65.5 Å². The van der Waals surface area contributed by atoms with Crippen LogP contribution in [0.3, 0.4) is 0 Å². The smallest absolute Gasteiger partial charge is 0.243 e. The molecule has 0 aliphatic rings. The molecule has 0 fully saturated rings. The van der Waals surface area contributed by atoms with Crippen molar-refractivity contribution in [3.05, 3.63) is 66.0 Å². The Kier molecular flexibility index (Phi) is 8.90. The van der Waals surface area contributed by atoms with E-state index < -0.39 is 0 Å². The second-order valence-electron chi connectivity index (χ2n) is 5.26. The average Bonchev–Trinajstić information content (AvgIpc) is 2.61. The number of hydrogen-bond acceptors (Lipinski definition) is 2. The first-order valence-corrected chi connectivity index (χ1v) is 7.66. The lowest BCUT2D eigenvalue weighted by Gasteiger charge is -2.18. The first-order chi connectivity index (χ1) is 11.6. The van der Waals surface area contributed by atoms with E-state index in [1.165, 1.54) is 24.3 Å². The van der Waals surface area contributed by atoms with E-state index in [9.17, 15) is 9.18 Å². The van der Waals surface area contributed by atoms with Crippen LogP contribution in [0.25, 0.3) is 0 Å². The fourth-order valence-electron chi connectivity index (χ4n) is 2.13. The summed E-state index contributed by atoms with van der Waals surface area (Å²) in [6, 6.07) is 15.6. The lowest BCUT2D eigenvalue weighted by Crippen LogP contribution is -2.42. The average molecular weight is 456 g/mol. The maximum Gasteiger partial charge on any atom is 0.243 e. The number of amides is 1. The minimum absolute atomic E-state index is 0. The summed E-state index contributed by atoms with van der Waals surface area (Å²) in [5, 5.41) is 8.86. The van der Waals surface area contributed by atoms with Gasteiger partial charge in [-0.1, -0.05) is 30.3 Å². The van der Waals surface area contributed by atoms with Crippen molar-refractivity contribution in [2.45, 2.75) is 13.0 Å². The summed E-state index contributed by atoms with van der Waals surface area (Å²) in [4.78, 5) is 16.0. The standard InChI is InChI=1S/C18H21FN4O.HI/c1-13(14-6-4-3-5-7-14)22-18(20-2)21-12-17(24)23-16-10-8-15(19)9-11-16;/h3-11,13H,12H2,1-2H3,(H,23,24)(H2,20,21,22);1H.